The molecule has 0 heterocycles. The Morgan fingerprint density at radius 1 is 1.13 bits per heavy atom. The summed E-state index contributed by atoms with van der Waals surface area (Å²) >= 11 is 2.18. The molecule has 2 aromatic rings. The average Bonchev–Trinajstić information content (AvgIpc) is 2.58. The van der Waals surface area contributed by atoms with Crippen molar-refractivity contribution in [2.75, 3.05) is 6.54 Å². The Morgan fingerprint density at radius 3 is 2.57 bits per heavy atom. The van der Waals surface area contributed by atoms with E-state index in [0.29, 0.717) is 6.54 Å². The standard InChI is InChI=1S/C20H20INO/c1-16(17-11-5-2-6-12-17)10-4-3-9-15-22-20(23)18-13-7-8-14-19(18)21/h2,4-8,11-14H,3,9,15H2,1H3,(H,22,23). The van der Waals surface area contributed by atoms with Gasteiger partial charge in [-0.05, 0) is 71.7 Å². The summed E-state index contributed by atoms with van der Waals surface area (Å²) in [6, 6.07) is 17.8. The zero-order valence-electron chi connectivity index (χ0n) is 13.2. The Kier molecular flexibility index (Phi) is 7.11. The van der Waals surface area contributed by atoms with E-state index in [1.807, 2.05) is 48.5 Å². The predicted molar refractivity (Wildman–Crippen MR) is 104 cm³/mol. The number of rotatable bonds is 6. The van der Waals surface area contributed by atoms with Crippen LogP contribution < -0.4 is 5.32 Å². The molecule has 0 fully saturated rings. The monoisotopic (exact) mass is 417 g/mol. The minimum absolute atomic E-state index is 0.00464. The number of hydrogen-bond donors (Lipinski definition) is 1. The van der Waals surface area contributed by atoms with Crippen LogP contribution in [0.2, 0.25) is 0 Å². The quantitative estimate of drug-likeness (QED) is 0.398. The van der Waals surface area contributed by atoms with Crippen molar-refractivity contribution in [2.45, 2.75) is 19.8 Å². The fraction of sp³-hybridized carbons (Fsp3) is 0.200. The van der Waals surface area contributed by atoms with E-state index < -0.39 is 0 Å². The molecule has 118 valence electrons. The summed E-state index contributed by atoms with van der Waals surface area (Å²) in [4.78, 5) is 12.0. The minimum atomic E-state index is -0.00464. The lowest BCUT2D eigenvalue weighted by Crippen LogP contribution is -2.25. The molecule has 0 unspecified atom stereocenters. The van der Waals surface area contributed by atoms with Crippen LogP contribution in [0, 0.1) is 3.57 Å². The van der Waals surface area contributed by atoms with Crippen LogP contribution in [0.25, 0.3) is 5.57 Å². The highest BCUT2D eigenvalue weighted by molar-refractivity contribution is 14.1. The Morgan fingerprint density at radius 2 is 1.83 bits per heavy atom. The van der Waals surface area contributed by atoms with Gasteiger partial charge < -0.3 is 5.32 Å². The van der Waals surface area contributed by atoms with Crippen molar-refractivity contribution >= 4 is 34.1 Å². The van der Waals surface area contributed by atoms with E-state index in [1.165, 1.54) is 5.56 Å². The van der Waals surface area contributed by atoms with Crippen molar-refractivity contribution in [3.05, 3.63) is 81.1 Å². The van der Waals surface area contributed by atoms with Crippen LogP contribution in [0.15, 0.2) is 66.4 Å². The highest BCUT2D eigenvalue weighted by Crippen LogP contribution is 2.12. The smallest absolute Gasteiger partial charge is 0.252 e. The van der Waals surface area contributed by atoms with Crippen molar-refractivity contribution in [1.82, 2.24) is 5.32 Å². The molecule has 2 rings (SSSR count). The van der Waals surface area contributed by atoms with Gasteiger partial charge in [0.05, 0.1) is 5.56 Å². The summed E-state index contributed by atoms with van der Waals surface area (Å²) in [5.41, 5.74) is 6.37. The molecule has 23 heavy (non-hydrogen) atoms. The second-order valence-corrected chi connectivity index (χ2v) is 6.38. The van der Waals surface area contributed by atoms with Gasteiger partial charge in [0.1, 0.15) is 0 Å². The van der Waals surface area contributed by atoms with E-state index in [0.717, 1.165) is 27.5 Å². The molecule has 2 nitrogen and oxygen atoms in total. The minimum Gasteiger partial charge on any atom is -0.352 e. The van der Waals surface area contributed by atoms with Crippen LogP contribution in [-0.4, -0.2) is 12.5 Å². The lowest BCUT2D eigenvalue weighted by molar-refractivity contribution is 0.0952. The van der Waals surface area contributed by atoms with Crippen LogP contribution >= 0.6 is 22.6 Å². The third kappa shape index (κ3) is 5.70. The maximum atomic E-state index is 12.0. The molecular weight excluding hydrogens is 397 g/mol. The van der Waals surface area contributed by atoms with Gasteiger partial charge in [0, 0.05) is 10.1 Å². The lowest BCUT2D eigenvalue weighted by Gasteiger charge is -2.05. The SMILES string of the molecule is CC(=C=CCCCNC(=O)c1ccccc1I)c1ccccc1. The Hall–Kier alpha value is -1.84. The first-order valence-corrected chi connectivity index (χ1v) is 8.76. The molecule has 0 radical (unpaired) electrons. The molecule has 0 spiro atoms. The number of carbonyl (C=O) groups is 1. The second kappa shape index (κ2) is 9.33. The molecular formula is C20H20INO. The Balaban J connectivity index is 1.77. The fourth-order valence-electron chi connectivity index (χ4n) is 2.14. The largest absolute Gasteiger partial charge is 0.352 e. The summed E-state index contributed by atoms with van der Waals surface area (Å²) in [6.45, 7) is 2.73. The fourth-order valence-corrected chi connectivity index (χ4v) is 2.78. The zero-order chi connectivity index (χ0) is 16.5. The van der Waals surface area contributed by atoms with E-state index in [9.17, 15) is 4.79 Å². The molecule has 2 aromatic carbocycles. The number of hydrogen-bond acceptors (Lipinski definition) is 1. The van der Waals surface area contributed by atoms with Crippen molar-refractivity contribution in [1.29, 1.82) is 0 Å². The molecule has 0 aromatic heterocycles. The van der Waals surface area contributed by atoms with Gasteiger partial charge in [0.25, 0.3) is 5.91 Å². The molecule has 0 saturated heterocycles. The lowest BCUT2D eigenvalue weighted by atomic mass is 10.1. The highest BCUT2D eigenvalue weighted by atomic mass is 127. The number of allylic oxidation sites excluding steroid dienone is 1. The number of nitrogens with one attached hydrogen (secondary N) is 1. The molecule has 3 heteroatoms. The summed E-state index contributed by atoms with van der Waals surface area (Å²) < 4.78 is 0.976. The molecule has 0 aliphatic rings. The Labute approximate surface area is 151 Å². The van der Waals surface area contributed by atoms with E-state index in [1.54, 1.807) is 0 Å². The van der Waals surface area contributed by atoms with Crippen LogP contribution in [-0.2, 0) is 0 Å². The van der Waals surface area contributed by atoms with Crippen LogP contribution in [0.5, 0.6) is 0 Å². The van der Waals surface area contributed by atoms with E-state index in [4.69, 9.17) is 0 Å². The summed E-state index contributed by atoms with van der Waals surface area (Å²) in [6.07, 6.45) is 3.85. The number of benzene rings is 2. The molecule has 1 amide bonds. The van der Waals surface area contributed by atoms with Gasteiger partial charge in [-0.2, -0.15) is 0 Å². The second-order valence-electron chi connectivity index (χ2n) is 5.22. The molecule has 0 saturated carbocycles. The van der Waals surface area contributed by atoms with Gasteiger partial charge in [0.15, 0.2) is 0 Å². The van der Waals surface area contributed by atoms with Gasteiger partial charge in [-0.1, -0.05) is 42.5 Å². The number of halogens is 1. The van der Waals surface area contributed by atoms with Gasteiger partial charge >= 0.3 is 0 Å². The van der Waals surface area contributed by atoms with Gasteiger partial charge in [-0.25, -0.2) is 0 Å². The van der Waals surface area contributed by atoms with Crippen molar-refractivity contribution in [3.63, 3.8) is 0 Å². The first kappa shape index (κ1) is 17.5. The maximum Gasteiger partial charge on any atom is 0.252 e. The third-order valence-electron chi connectivity index (χ3n) is 3.45. The molecule has 0 bridgehead atoms. The topological polar surface area (TPSA) is 29.1 Å². The molecule has 0 aliphatic carbocycles. The number of unbranched alkanes of at least 4 members (excludes halogenated alkanes) is 1. The zero-order valence-corrected chi connectivity index (χ0v) is 15.3. The number of amides is 1. The summed E-state index contributed by atoms with van der Waals surface area (Å²) in [5.74, 6) is -0.00464. The predicted octanol–water partition coefficient (Wildman–Crippen LogP) is 5.06. The summed E-state index contributed by atoms with van der Waals surface area (Å²) in [7, 11) is 0. The van der Waals surface area contributed by atoms with E-state index in [-0.39, 0.29) is 5.91 Å². The highest BCUT2D eigenvalue weighted by Gasteiger charge is 2.07. The molecule has 0 aliphatic heterocycles. The first-order chi connectivity index (χ1) is 11.2. The van der Waals surface area contributed by atoms with Crippen LogP contribution in [0.4, 0.5) is 0 Å². The van der Waals surface area contributed by atoms with Gasteiger partial charge in [0.2, 0.25) is 0 Å². The van der Waals surface area contributed by atoms with Crippen molar-refractivity contribution in [2.24, 2.45) is 0 Å². The average molecular weight is 417 g/mol. The molecule has 1 N–H and O–H groups in total. The Bertz CT molecular complexity index is 715. The molecule has 0 atom stereocenters. The van der Waals surface area contributed by atoms with Crippen molar-refractivity contribution in [3.8, 4) is 0 Å². The third-order valence-corrected chi connectivity index (χ3v) is 4.40. The first-order valence-electron chi connectivity index (χ1n) is 7.68. The summed E-state index contributed by atoms with van der Waals surface area (Å²) in [5, 5.41) is 2.96. The normalized spacial score (nSPS) is 9.83. The van der Waals surface area contributed by atoms with Crippen molar-refractivity contribution < 1.29 is 4.79 Å². The van der Waals surface area contributed by atoms with E-state index in [2.05, 4.69) is 52.7 Å². The van der Waals surface area contributed by atoms with Gasteiger partial charge in [-0.3, -0.25) is 4.79 Å². The van der Waals surface area contributed by atoms with Gasteiger partial charge in [-0.15, -0.1) is 5.73 Å². The van der Waals surface area contributed by atoms with E-state index >= 15 is 0 Å². The van der Waals surface area contributed by atoms with Crippen LogP contribution in [0.1, 0.15) is 35.7 Å². The maximum absolute atomic E-state index is 12.0. The number of carbonyl (C=O) groups excluding carboxylic acids is 1. The van der Waals surface area contributed by atoms with Crippen LogP contribution in [0.3, 0.4) is 0 Å².